The highest BCUT2D eigenvalue weighted by atomic mass is 16.6. The van der Waals surface area contributed by atoms with Gasteiger partial charge >= 0.3 is 5.69 Å². The Bertz CT molecular complexity index is 997. The van der Waals surface area contributed by atoms with Gasteiger partial charge in [-0.25, -0.2) is 9.97 Å². The number of hydrogen-bond donors (Lipinski definition) is 3. The van der Waals surface area contributed by atoms with Crippen molar-refractivity contribution in [2.45, 2.75) is 6.54 Å². The van der Waals surface area contributed by atoms with Crippen molar-refractivity contribution in [2.24, 2.45) is 0 Å². The number of hydrazine groups is 1. The van der Waals surface area contributed by atoms with E-state index in [1.54, 1.807) is 42.7 Å². The van der Waals surface area contributed by atoms with E-state index in [2.05, 4.69) is 31.1 Å². The van der Waals surface area contributed by atoms with Crippen LogP contribution in [0.3, 0.4) is 0 Å². The highest BCUT2D eigenvalue weighted by Crippen LogP contribution is 2.28. The highest BCUT2D eigenvalue weighted by Gasteiger charge is 2.23. The zero-order valence-electron chi connectivity index (χ0n) is 15.3. The summed E-state index contributed by atoms with van der Waals surface area (Å²) < 4.78 is 5.04. The third-order valence-electron chi connectivity index (χ3n) is 3.83. The van der Waals surface area contributed by atoms with E-state index in [9.17, 15) is 14.9 Å². The van der Waals surface area contributed by atoms with Gasteiger partial charge in [-0.3, -0.25) is 30.7 Å². The lowest BCUT2D eigenvalue weighted by atomic mass is 10.2. The third kappa shape index (κ3) is 4.91. The molecule has 0 bridgehead atoms. The number of rotatable bonds is 8. The molecule has 0 saturated heterocycles. The van der Waals surface area contributed by atoms with Crippen molar-refractivity contribution < 1.29 is 14.5 Å². The first kappa shape index (κ1) is 19.5. The van der Waals surface area contributed by atoms with Gasteiger partial charge in [0.05, 0.1) is 12.0 Å². The quantitative estimate of drug-likeness (QED) is 0.386. The summed E-state index contributed by atoms with van der Waals surface area (Å²) in [4.78, 5) is 34.9. The molecule has 29 heavy (non-hydrogen) atoms. The average Bonchev–Trinajstić information content (AvgIpc) is 2.76. The molecule has 3 aromatic rings. The standard InChI is InChI=1S/C18H17N7O4/c1-29-14-6-4-13(5-7-14)18(26)24-23-17-15(25(27)28)16(21-11-22-17)20-10-12-3-2-8-19-9-12/h2-9,11H,10H2,1H3,(H,24,26)(H2,20,21,22,23). The minimum atomic E-state index is -0.632. The molecule has 2 aromatic heterocycles. The monoisotopic (exact) mass is 395 g/mol. The van der Waals surface area contributed by atoms with Crippen LogP contribution in [0.25, 0.3) is 0 Å². The minimum absolute atomic E-state index is 0.00931. The second kappa shape index (κ2) is 9.08. The molecule has 1 aromatic carbocycles. The predicted octanol–water partition coefficient (Wildman–Crippen LogP) is 2.16. The van der Waals surface area contributed by atoms with Gasteiger partial charge in [-0.05, 0) is 35.9 Å². The molecule has 0 aliphatic heterocycles. The summed E-state index contributed by atoms with van der Waals surface area (Å²) in [6.45, 7) is 0.281. The number of aromatic nitrogens is 3. The Morgan fingerprint density at radius 1 is 1.17 bits per heavy atom. The van der Waals surface area contributed by atoms with Gasteiger partial charge in [0, 0.05) is 24.5 Å². The Hall–Kier alpha value is -4.28. The van der Waals surface area contributed by atoms with E-state index in [1.165, 1.54) is 7.11 Å². The van der Waals surface area contributed by atoms with E-state index in [0.717, 1.165) is 11.9 Å². The van der Waals surface area contributed by atoms with Crippen molar-refractivity contribution in [3.05, 3.63) is 76.4 Å². The maximum atomic E-state index is 12.2. The number of methoxy groups -OCH3 is 1. The Morgan fingerprint density at radius 2 is 1.93 bits per heavy atom. The van der Waals surface area contributed by atoms with E-state index < -0.39 is 16.5 Å². The molecule has 2 heterocycles. The number of nitrogens with one attached hydrogen (secondary N) is 3. The van der Waals surface area contributed by atoms with Crippen LogP contribution in [-0.2, 0) is 6.54 Å². The predicted molar refractivity (Wildman–Crippen MR) is 104 cm³/mol. The number of anilines is 2. The van der Waals surface area contributed by atoms with Crippen LogP contribution in [0.5, 0.6) is 5.75 Å². The summed E-state index contributed by atoms with van der Waals surface area (Å²) in [7, 11) is 1.52. The van der Waals surface area contributed by atoms with E-state index in [0.29, 0.717) is 11.3 Å². The molecule has 3 N–H and O–H groups in total. The lowest BCUT2D eigenvalue weighted by molar-refractivity contribution is -0.383. The van der Waals surface area contributed by atoms with E-state index in [4.69, 9.17) is 4.74 Å². The van der Waals surface area contributed by atoms with Crippen molar-refractivity contribution in [1.29, 1.82) is 0 Å². The zero-order chi connectivity index (χ0) is 20.6. The third-order valence-corrected chi connectivity index (χ3v) is 3.83. The first-order valence-electron chi connectivity index (χ1n) is 8.41. The first-order chi connectivity index (χ1) is 14.1. The maximum absolute atomic E-state index is 12.2. The number of carbonyl (C=O) groups excluding carboxylic acids is 1. The van der Waals surface area contributed by atoms with Gasteiger partial charge in [0.25, 0.3) is 5.91 Å². The van der Waals surface area contributed by atoms with E-state index in [1.807, 2.05) is 6.07 Å². The Labute approximate surface area is 165 Å². The Morgan fingerprint density at radius 3 is 2.59 bits per heavy atom. The number of benzene rings is 1. The summed E-state index contributed by atoms with van der Waals surface area (Å²) in [5, 5.41) is 14.4. The van der Waals surface area contributed by atoms with Crippen LogP contribution in [-0.4, -0.2) is 32.9 Å². The van der Waals surface area contributed by atoms with Crippen LogP contribution in [0.2, 0.25) is 0 Å². The SMILES string of the molecule is COc1ccc(C(=O)NNc2ncnc(NCc3cccnc3)c2[N+](=O)[O-])cc1. The fourth-order valence-corrected chi connectivity index (χ4v) is 2.39. The van der Waals surface area contributed by atoms with Crippen LogP contribution < -0.4 is 20.9 Å². The summed E-state index contributed by atoms with van der Waals surface area (Å²) in [5.74, 6) is -0.0358. The number of pyridine rings is 1. The molecule has 0 fully saturated rings. The van der Waals surface area contributed by atoms with Crippen molar-refractivity contribution in [3.63, 3.8) is 0 Å². The molecular weight excluding hydrogens is 378 g/mol. The molecule has 11 nitrogen and oxygen atoms in total. The molecule has 148 valence electrons. The molecule has 0 radical (unpaired) electrons. The molecule has 3 rings (SSSR count). The van der Waals surface area contributed by atoms with Crippen LogP contribution >= 0.6 is 0 Å². The van der Waals surface area contributed by atoms with Crippen LogP contribution in [0, 0.1) is 10.1 Å². The van der Waals surface area contributed by atoms with Gasteiger partial charge in [0.15, 0.2) is 0 Å². The number of nitrogens with zero attached hydrogens (tertiary/aromatic N) is 4. The summed E-state index contributed by atoms with van der Waals surface area (Å²) in [6.07, 6.45) is 4.42. The van der Waals surface area contributed by atoms with E-state index >= 15 is 0 Å². The van der Waals surface area contributed by atoms with Crippen molar-refractivity contribution in [2.75, 3.05) is 17.9 Å². The average molecular weight is 395 g/mol. The van der Waals surface area contributed by atoms with Crippen LogP contribution in [0.4, 0.5) is 17.3 Å². The molecular formula is C18H17N7O4. The first-order valence-corrected chi connectivity index (χ1v) is 8.41. The highest BCUT2D eigenvalue weighted by molar-refractivity contribution is 5.95. The van der Waals surface area contributed by atoms with Gasteiger partial charge in [-0.15, -0.1) is 0 Å². The van der Waals surface area contributed by atoms with E-state index in [-0.39, 0.29) is 18.2 Å². The number of hydrogen-bond acceptors (Lipinski definition) is 9. The molecule has 0 atom stereocenters. The van der Waals surface area contributed by atoms with Crippen LogP contribution in [0.1, 0.15) is 15.9 Å². The summed E-state index contributed by atoms with van der Waals surface area (Å²) >= 11 is 0. The normalized spacial score (nSPS) is 10.1. The summed E-state index contributed by atoms with van der Waals surface area (Å²) in [5.41, 5.74) is 5.63. The number of carbonyl (C=O) groups is 1. The molecule has 0 unspecified atom stereocenters. The van der Waals surface area contributed by atoms with Gasteiger partial charge < -0.3 is 10.1 Å². The smallest absolute Gasteiger partial charge is 0.354 e. The second-order valence-corrected chi connectivity index (χ2v) is 5.70. The number of amides is 1. The molecule has 0 aliphatic carbocycles. The lowest BCUT2D eigenvalue weighted by Gasteiger charge is -2.11. The number of ether oxygens (including phenoxy) is 1. The molecule has 1 amide bonds. The second-order valence-electron chi connectivity index (χ2n) is 5.70. The fourth-order valence-electron chi connectivity index (χ4n) is 2.39. The van der Waals surface area contributed by atoms with Crippen LogP contribution in [0.15, 0.2) is 55.1 Å². The van der Waals surface area contributed by atoms with Gasteiger partial charge in [-0.1, -0.05) is 6.07 Å². The van der Waals surface area contributed by atoms with Gasteiger partial charge in [0.1, 0.15) is 12.1 Å². The van der Waals surface area contributed by atoms with Gasteiger partial charge in [0.2, 0.25) is 11.6 Å². The zero-order valence-corrected chi connectivity index (χ0v) is 15.3. The molecule has 0 saturated carbocycles. The van der Waals surface area contributed by atoms with Crippen molar-refractivity contribution in [3.8, 4) is 5.75 Å². The topological polar surface area (TPSA) is 144 Å². The molecule has 11 heteroatoms. The Kier molecular flexibility index (Phi) is 6.10. The molecule has 0 aliphatic rings. The van der Waals surface area contributed by atoms with Crippen molar-refractivity contribution >= 4 is 23.2 Å². The van der Waals surface area contributed by atoms with Gasteiger partial charge in [-0.2, -0.15) is 0 Å². The minimum Gasteiger partial charge on any atom is -0.497 e. The largest absolute Gasteiger partial charge is 0.497 e. The lowest BCUT2D eigenvalue weighted by Crippen LogP contribution is -2.30. The Balaban J connectivity index is 1.72. The summed E-state index contributed by atoms with van der Waals surface area (Å²) in [6, 6.07) is 9.95. The fraction of sp³-hybridized carbons (Fsp3) is 0.111. The maximum Gasteiger partial charge on any atom is 0.354 e. The van der Waals surface area contributed by atoms with Crippen molar-refractivity contribution in [1.82, 2.24) is 20.4 Å². The molecule has 0 spiro atoms. The number of nitro groups is 1.